The Hall–Kier alpha value is -4.42. The van der Waals surface area contributed by atoms with E-state index in [2.05, 4.69) is 30.6 Å². The summed E-state index contributed by atoms with van der Waals surface area (Å²) in [7, 11) is 3.82. The summed E-state index contributed by atoms with van der Waals surface area (Å²) in [6, 6.07) is 10.3. The number of aryl methyl sites for hydroxylation is 1. The maximum Gasteiger partial charge on any atom is 0.416 e. The SMILES string of the molecule is Cc1ccc(NC(=O)c2ccc(CC(=N)C[C@@H](C)CN(C)C)c(C(F)(F)F)c2)cc1Nc1nccc(-c2cncnc2)n1.Cl. The molecule has 0 aliphatic heterocycles. The molecule has 0 spiro atoms. The molecular weight excluding hydrogens is 593 g/mol. The van der Waals surface area contributed by atoms with Gasteiger partial charge in [0.2, 0.25) is 5.95 Å². The van der Waals surface area contributed by atoms with Crippen molar-refractivity contribution in [1.29, 1.82) is 5.41 Å². The second-order valence-electron chi connectivity index (χ2n) is 10.7. The first-order valence-electron chi connectivity index (χ1n) is 13.6. The Labute approximate surface area is 260 Å². The van der Waals surface area contributed by atoms with Crippen LogP contribution in [0.1, 0.15) is 40.4 Å². The standard InChI is InChI=1S/C31H33F3N8O.ClH/c1-19(17-42(3)4)11-24(35)12-21-6-7-22(13-26(21)31(32,33)34)29(43)39-25-8-5-20(2)28(14-25)41-30-38-10-9-27(40-30)23-15-36-18-37-16-23;/h5-10,13-16,18-19,35H,11-12,17H2,1-4H3,(H,39,43)(H,38,40,41);1H/t19-;/m1./s1. The quantitative estimate of drug-likeness (QED) is 0.156. The number of alkyl halides is 3. The van der Waals surface area contributed by atoms with Crippen LogP contribution < -0.4 is 10.6 Å². The molecule has 2 aromatic heterocycles. The average Bonchev–Trinajstić information content (AvgIpc) is 2.94. The van der Waals surface area contributed by atoms with Crippen LogP contribution in [0.5, 0.6) is 0 Å². The highest BCUT2D eigenvalue weighted by molar-refractivity contribution is 6.04. The molecule has 13 heteroatoms. The van der Waals surface area contributed by atoms with Gasteiger partial charge in [-0.15, -0.1) is 12.4 Å². The topological polar surface area (TPSA) is 120 Å². The van der Waals surface area contributed by atoms with Crippen molar-refractivity contribution in [2.45, 2.75) is 32.9 Å². The summed E-state index contributed by atoms with van der Waals surface area (Å²) in [6.07, 6.45) is 1.85. The zero-order valence-corrected chi connectivity index (χ0v) is 25.6. The highest BCUT2D eigenvalue weighted by atomic mass is 35.5. The number of aromatic nitrogens is 4. The normalized spacial score (nSPS) is 11.9. The summed E-state index contributed by atoms with van der Waals surface area (Å²) in [4.78, 5) is 31.8. The van der Waals surface area contributed by atoms with Gasteiger partial charge in [-0.25, -0.2) is 19.9 Å². The van der Waals surface area contributed by atoms with Crippen LogP contribution in [0.25, 0.3) is 11.3 Å². The van der Waals surface area contributed by atoms with Crippen LogP contribution in [0.2, 0.25) is 0 Å². The Balaban J connectivity index is 0.00000529. The van der Waals surface area contributed by atoms with Gasteiger partial charge in [-0.05, 0) is 74.8 Å². The summed E-state index contributed by atoms with van der Waals surface area (Å²) >= 11 is 0. The molecular formula is C31H34ClF3N8O. The van der Waals surface area contributed by atoms with Crippen LogP contribution in [0.4, 0.5) is 30.5 Å². The van der Waals surface area contributed by atoms with E-state index in [1.807, 2.05) is 32.8 Å². The fourth-order valence-corrected chi connectivity index (χ4v) is 4.72. The van der Waals surface area contributed by atoms with Crippen molar-refractivity contribution in [3.05, 3.63) is 89.6 Å². The first-order chi connectivity index (χ1) is 20.4. The predicted molar refractivity (Wildman–Crippen MR) is 168 cm³/mol. The molecule has 0 fully saturated rings. The van der Waals surface area contributed by atoms with Gasteiger partial charge in [-0.2, -0.15) is 13.2 Å². The van der Waals surface area contributed by atoms with Crippen molar-refractivity contribution in [1.82, 2.24) is 24.8 Å². The number of hydrogen-bond donors (Lipinski definition) is 3. The minimum absolute atomic E-state index is 0. The number of rotatable bonds is 11. The Bertz CT molecular complexity index is 1600. The van der Waals surface area contributed by atoms with E-state index < -0.39 is 17.6 Å². The first-order valence-corrected chi connectivity index (χ1v) is 13.6. The maximum atomic E-state index is 14.0. The van der Waals surface area contributed by atoms with E-state index in [1.165, 1.54) is 18.5 Å². The molecule has 2 aromatic carbocycles. The number of hydrogen-bond acceptors (Lipinski definition) is 8. The number of halogens is 4. The lowest BCUT2D eigenvalue weighted by atomic mass is 9.94. The molecule has 4 aromatic rings. The maximum absolute atomic E-state index is 14.0. The second-order valence-corrected chi connectivity index (χ2v) is 10.7. The third kappa shape index (κ3) is 9.29. The lowest BCUT2D eigenvalue weighted by Crippen LogP contribution is -2.22. The van der Waals surface area contributed by atoms with E-state index in [0.717, 1.165) is 18.2 Å². The van der Waals surface area contributed by atoms with E-state index in [1.54, 1.807) is 42.9 Å². The van der Waals surface area contributed by atoms with Crippen LogP contribution in [-0.4, -0.2) is 57.1 Å². The number of carbonyl (C=O) groups excluding carboxylic acids is 1. The average molecular weight is 627 g/mol. The van der Waals surface area contributed by atoms with Crippen LogP contribution in [0.15, 0.2) is 67.4 Å². The number of nitrogens with zero attached hydrogens (tertiary/aromatic N) is 5. The van der Waals surface area contributed by atoms with Gasteiger partial charge in [0.15, 0.2) is 0 Å². The largest absolute Gasteiger partial charge is 0.416 e. The first kappa shape index (κ1) is 34.1. The molecule has 1 amide bonds. The minimum Gasteiger partial charge on any atom is -0.324 e. The fourth-order valence-electron chi connectivity index (χ4n) is 4.72. The lowest BCUT2D eigenvalue weighted by molar-refractivity contribution is -0.138. The van der Waals surface area contributed by atoms with Crippen molar-refractivity contribution >= 4 is 41.3 Å². The van der Waals surface area contributed by atoms with Gasteiger partial charge in [0.25, 0.3) is 5.91 Å². The number of benzene rings is 2. The van der Waals surface area contributed by atoms with Crippen LogP contribution >= 0.6 is 12.4 Å². The molecule has 232 valence electrons. The second kappa shape index (κ2) is 14.8. The van der Waals surface area contributed by atoms with Gasteiger partial charge in [-0.3, -0.25) is 4.79 Å². The molecule has 1 atom stereocenters. The molecule has 0 bridgehead atoms. The Morgan fingerprint density at radius 3 is 2.48 bits per heavy atom. The zero-order chi connectivity index (χ0) is 31.1. The number of carbonyl (C=O) groups is 1. The van der Waals surface area contributed by atoms with E-state index in [9.17, 15) is 18.0 Å². The van der Waals surface area contributed by atoms with E-state index in [4.69, 9.17) is 5.41 Å². The highest BCUT2D eigenvalue weighted by Gasteiger charge is 2.34. The van der Waals surface area contributed by atoms with Crippen LogP contribution in [0.3, 0.4) is 0 Å². The summed E-state index contributed by atoms with van der Waals surface area (Å²) in [5.74, 6) is -0.256. The fraction of sp³-hybridized carbons (Fsp3) is 0.290. The Kier molecular flexibility index (Phi) is 11.5. The molecule has 2 heterocycles. The van der Waals surface area contributed by atoms with Crippen molar-refractivity contribution in [2.24, 2.45) is 5.92 Å². The third-order valence-electron chi connectivity index (χ3n) is 6.61. The van der Waals surface area contributed by atoms with Gasteiger partial charge in [-0.1, -0.05) is 19.1 Å². The monoisotopic (exact) mass is 626 g/mol. The van der Waals surface area contributed by atoms with Crippen molar-refractivity contribution in [3.63, 3.8) is 0 Å². The summed E-state index contributed by atoms with van der Waals surface area (Å²) in [5.41, 5.74) is 2.26. The Morgan fingerprint density at radius 1 is 1.07 bits per heavy atom. The Morgan fingerprint density at radius 2 is 1.80 bits per heavy atom. The predicted octanol–water partition coefficient (Wildman–Crippen LogP) is 6.83. The van der Waals surface area contributed by atoms with Crippen LogP contribution in [0, 0.1) is 18.3 Å². The zero-order valence-electron chi connectivity index (χ0n) is 24.7. The molecule has 3 N–H and O–H groups in total. The highest BCUT2D eigenvalue weighted by Crippen LogP contribution is 2.34. The molecule has 0 radical (unpaired) electrons. The molecule has 0 unspecified atom stereocenters. The van der Waals surface area contributed by atoms with Gasteiger partial charge in [0, 0.05) is 59.8 Å². The molecule has 0 aliphatic carbocycles. The van der Waals surface area contributed by atoms with E-state index >= 15 is 0 Å². The lowest BCUT2D eigenvalue weighted by Gasteiger charge is -2.19. The van der Waals surface area contributed by atoms with Gasteiger partial charge in [0.05, 0.1) is 11.3 Å². The van der Waals surface area contributed by atoms with Crippen molar-refractivity contribution in [2.75, 3.05) is 31.3 Å². The number of nitrogens with one attached hydrogen (secondary N) is 3. The molecule has 0 aliphatic rings. The molecule has 44 heavy (non-hydrogen) atoms. The van der Waals surface area contributed by atoms with E-state index in [-0.39, 0.29) is 41.6 Å². The molecule has 0 saturated heterocycles. The van der Waals surface area contributed by atoms with Crippen molar-refractivity contribution in [3.8, 4) is 11.3 Å². The number of amides is 1. The molecule has 0 saturated carbocycles. The molecule has 9 nitrogen and oxygen atoms in total. The summed E-state index contributed by atoms with van der Waals surface area (Å²) in [6.45, 7) is 4.55. The van der Waals surface area contributed by atoms with E-state index in [0.29, 0.717) is 35.0 Å². The molecule has 4 rings (SSSR count). The summed E-state index contributed by atoms with van der Waals surface area (Å²) < 4.78 is 42.0. The van der Waals surface area contributed by atoms with Crippen LogP contribution in [-0.2, 0) is 12.6 Å². The smallest absolute Gasteiger partial charge is 0.324 e. The van der Waals surface area contributed by atoms with Gasteiger partial charge < -0.3 is 20.9 Å². The number of anilines is 3. The van der Waals surface area contributed by atoms with Crippen molar-refractivity contribution < 1.29 is 18.0 Å². The van der Waals surface area contributed by atoms with Gasteiger partial charge in [0.1, 0.15) is 6.33 Å². The third-order valence-corrected chi connectivity index (χ3v) is 6.61. The minimum atomic E-state index is -4.68. The summed E-state index contributed by atoms with van der Waals surface area (Å²) in [5, 5.41) is 14.1. The van der Waals surface area contributed by atoms with Gasteiger partial charge >= 0.3 is 6.18 Å².